The van der Waals surface area contributed by atoms with Gasteiger partial charge in [0, 0.05) is 0 Å². The third-order valence-electron chi connectivity index (χ3n) is 3.62. The van der Waals surface area contributed by atoms with Gasteiger partial charge in [-0.25, -0.2) is 4.89 Å². The van der Waals surface area contributed by atoms with Crippen LogP contribution >= 0.6 is 0 Å². The zero-order valence-corrected chi connectivity index (χ0v) is 12.2. The maximum absolute atomic E-state index is 8.98. The molecule has 0 spiro atoms. The van der Waals surface area contributed by atoms with Gasteiger partial charge in [0.05, 0.1) is 0 Å². The zero-order valence-electron chi connectivity index (χ0n) is 12.2. The van der Waals surface area contributed by atoms with E-state index in [2.05, 4.69) is 11.8 Å². The molecule has 0 bridgehead atoms. The highest BCUT2D eigenvalue weighted by atomic mass is 17.1. The molecule has 2 nitrogen and oxygen atoms in total. The van der Waals surface area contributed by atoms with E-state index in [0.717, 1.165) is 18.4 Å². The monoisotopic (exact) mass is 264 g/mol. The van der Waals surface area contributed by atoms with Crippen LogP contribution < -0.4 is 0 Å². The van der Waals surface area contributed by atoms with Crippen molar-refractivity contribution in [3.8, 4) is 0 Å². The van der Waals surface area contributed by atoms with Crippen molar-refractivity contribution in [2.45, 2.75) is 70.8 Å². The molecular formula is C17H28O2. The van der Waals surface area contributed by atoms with E-state index < -0.39 is 0 Å². The Bertz CT molecular complexity index is 297. The van der Waals surface area contributed by atoms with Gasteiger partial charge in [0.2, 0.25) is 0 Å². The van der Waals surface area contributed by atoms with Crippen LogP contribution in [-0.2, 0) is 4.89 Å². The molecule has 1 atom stereocenters. The van der Waals surface area contributed by atoms with Crippen LogP contribution in [0, 0.1) is 0 Å². The van der Waals surface area contributed by atoms with E-state index >= 15 is 0 Å². The quantitative estimate of drug-likeness (QED) is 0.313. The molecular weight excluding hydrogens is 236 g/mol. The minimum Gasteiger partial charge on any atom is -0.251 e. The van der Waals surface area contributed by atoms with E-state index in [9.17, 15) is 0 Å². The van der Waals surface area contributed by atoms with Gasteiger partial charge < -0.3 is 0 Å². The van der Waals surface area contributed by atoms with Crippen LogP contribution in [0.25, 0.3) is 0 Å². The molecule has 0 fully saturated rings. The largest absolute Gasteiger partial charge is 0.251 e. The number of rotatable bonds is 11. The summed E-state index contributed by atoms with van der Waals surface area (Å²) >= 11 is 0. The van der Waals surface area contributed by atoms with Gasteiger partial charge in [0.15, 0.2) is 0 Å². The fourth-order valence-electron chi connectivity index (χ4n) is 2.41. The summed E-state index contributed by atoms with van der Waals surface area (Å²) in [5.74, 6) is 0. The molecule has 0 saturated carbocycles. The SMILES string of the molecule is CCCCCCCCCCC(OO)c1ccccc1. The van der Waals surface area contributed by atoms with E-state index in [1.54, 1.807) is 0 Å². The van der Waals surface area contributed by atoms with Crippen molar-refractivity contribution in [2.75, 3.05) is 0 Å². The van der Waals surface area contributed by atoms with Gasteiger partial charge in [-0.3, -0.25) is 5.26 Å². The lowest BCUT2D eigenvalue weighted by Gasteiger charge is -2.13. The lowest BCUT2D eigenvalue weighted by molar-refractivity contribution is -0.283. The van der Waals surface area contributed by atoms with E-state index in [0.29, 0.717) is 0 Å². The molecule has 19 heavy (non-hydrogen) atoms. The van der Waals surface area contributed by atoms with Crippen LogP contribution in [0.5, 0.6) is 0 Å². The lowest BCUT2D eigenvalue weighted by atomic mass is 10.0. The minimum absolute atomic E-state index is 0.165. The summed E-state index contributed by atoms with van der Waals surface area (Å²) in [5, 5.41) is 8.98. The molecule has 0 radical (unpaired) electrons. The first-order chi connectivity index (χ1) is 9.38. The minimum atomic E-state index is -0.165. The Morgan fingerprint density at radius 3 is 2.05 bits per heavy atom. The van der Waals surface area contributed by atoms with Crippen molar-refractivity contribution in [3.63, 3.8) is 0 Å². The lowest BCUT2D eigenvalue weighted by Crippen LogP contribution is -2.01. The third kappa shape index (κ3) is 7.34. The van der Waals surface area contributed by atoms with Crippen molar-refractivity contribution in [1.82, 2.24) is 0 Å². The van der Waals surface area contributed by atoms with Gasteiger partial charge in [0.25, 0.3) is 0 Å². The molecule has 1 unspecified atom stereocenters. The maximum atomic E-state index is 8.98. The van der Waals surface area contributed by atoms with Crippen molar-refractivity contribution >= 4 is 0 Å². The Hall–Kier alpha value is -0.860. The smallest absolute Gasteiger partial charge is 0.118 e. The van der Waals surface area contributed by atoms with Crippen LogP contribution in [0.2, 0.25) is 0 Å². The summed E-state index contributed by atoms with van der Waals surface area (Å²) in [6.45, 7) is 2.25. The van der Waals surface area contributed by atoms with Gasteiger partial charge in [-0.15, -0.1) is 0 Å². The molecule has 0 heterocycles. The van der Waals surface area contributed by atoms with Crippen molar-refractivity contribution in [2.24, 2.45) is 0 Å². The second kappa shape index (κ2) is 11.0. The Morgan fingerprint density at radius 2 is 1.47 bits per heavy atom. The van der Waals surface area contributed by atoms with E-state index in [4.69, 9.17) is 5.26 Å². The molecule has 1 N–H and O–H groups in total. The van der Waals surface area contributed by atoms with Crippen LogP contribution in [0.1, 0.15) is 76.4 Å². The fourth-order valence-corrected chi connectivity index (χ4v) is 2.41. The Kier molecular flexibility index (Phi) is 9.38. The zero-order chi connectivity index (χ0) is 13.8. The van der Waals surface area contributed by atoms with Gasteiger partial charge >= 0.3 is 0 Å². The average Bonchev–Trinajstić information content (AvgIpc) is 2.47. The maximum Gasteiger partial charge on any atom is 0.118 e. The molecule has 0 amide bonds. The third-order valence-corrected chi connectivity index (χ3v) is 3.62. The summed E-state index contributed by atoms with van der Waals surface area (Å²) in [6, 6.07) is 9.95. The predicted molar refractivity (Wildman–Crippen MR) is 80.1 cm³/mol. The Labute approximate surface area is 117 Å². The fraction of sp³-hybridized carbons (Fsp3) is 0.647. The molecule has 108 valence electrons. The number of benzene rings is 1. The highest BCUT2D eigenvalue weighted by molar-refractivity contribution is 5.17. The van der Waals surface area contributed by atoms with Gasteiger partial charge in [-0.05, 0) is 12.0 Å². The van der Waals surface area contributed by atoms with Gasteiger partial charge in [-0.2, -0.15) is 0 Å². The molecule has 0 aliphatic heterocycles. The Balaban J connectivity index is 2.07. The van der Waals surface area contributed by atoms with E-state index in [-0.39, 0.29) is 6.10 Å². The summed E-state index contributed by atoms with van der Waals surface area (Å²) in [4.78, 5) is 4.60. The molecule has 1 aromatic rings. The van der Waals surface area contributed by atoms with Crippen LogP contribution in [0.4, 0.5) is 0 Å². The summed E-state index contributed by atoms with van der Waals surface area (Å²) in [6.07, 6.45) is 11.2. The summed E-state index contributed by atoms with van der Waals surface area (Å²) in [5.41, 5.74) is 1.06. The molecule has 1 rings (SSSR count). The van der Waals surface area contributed by atoms with Gasteiger partial charge in [0.1, 0.15) is 6.10 Å². The first kappa shape index (κ1) is 16.2. The number of hydrogen-bond acceptors (Lipinski definition) is 2. The second-order valence-corrected chi connectivity index (χ2v) is 5.27. The standard InChI is InChI=1S/C17H28O2/c1-2-3-4-5-6-7-8-12-15-17(19-18)16-13-10-9-11-14-16/h9-11,13-14,17-18H,2-8,12,15H2,1H3. The van der Waals surface area contributed by atoms with Crippen molar-refractivity contribution < 1.29 is 10.1 Å². The average molecular weight is 264 g/mol. The normalized spacial score (nSPS) is 12.5. The molecule has 0 aliphatic carbocycles. The van der Waals surface area contributed by atoms with Crippen molar-refractivity contribution in [1.29, 1.82) is 0 Å². The first-order valence-corrected chi connectivity index (χ1v) is 7.73. The van der Waals surface area contributed by atoms with Crippen LogP contribution in [0.15, 0.2) is 30.3 Å². The van der Waals surface area contributed by atoms with E-state index in [1.165, 1.54) is 44.9 Å². The number of unbranched alkanes of at least 4 members (excludes halogenated alkanes) is 7. The predicted octanol–water partition coefficient (Wildman–Crippen LogP) is 5.75. The van der Waals surface area contributed by atoms with Crippen LogP contribution in [0.3, 0.4) is 0 Å². The second-order valence-electron chi connectivity index (χ2n) is 5.27. The van der Waals surface area contributed by atoms with Gasteiger partial charge in [-0.1, -0.05) is 88.6 Å². The molecule has 2 heteroatoms. The van der Waals surface area contributed by atoms with Crippen LogP contribution in [-0.4, -0.2) is 5.26 Å². The summed E-state index contributed by atoms with van der Waals surface area (Å²) in [7, 11) is 0. The molecule has 0 saturated heterocycles. The molecule has 0 aromatic heterocycles. The first-order valence-electron chi connectivity index (χ1n) is 7.73. The van der Waals surface area contributed by atoms with Crippen molar-refractivity contribution in [3.05, 3.63) is 35.9 Å². The topological polar surface area (TPSA) is 29.5 Å². The highest BCUT2D eigenvalue weighted by Gasteiger charge is 2.10. The van der Waals surface area contributed by atoms with E-state index in [1.807, 2.05) is 30.3 Å². The Morgan fingerprint density at radius 1 is 0.895 bits per heavy atom. The highest BCUT2D eigenvalue weighted by Crippen LogP contribution is 2.23. The number of hydrogen-bond donors (Lipinski definition) is 1. The summed E-state index contributed by atoms with van der Waals surface area (Å²) < 4.78 is 0. The molecule has 0 aliphatic rings. The molecule has 1 aromatic carbocycles.